The van der Waals surface area contributed by atoms with Crippen LogP contribution in [0.5, 0.6) is 0 Å². The molecular weight excluding hydrogens is 180 g/mol. The maximum atomic E-state index is 11.4. The molecule has 3 aromatic rings. The summed E-state index contributed by atoms with van der Waals surface area (Å²) in [5.74, 6) is 0. The van der Waals surface area contributed by atoms with Crippen molar-refractivity contribution >= 4 is 16.4 Å². The van der Waals surface area contributed by atoms with Crippen LogP contribution in [0, 0.1) is 0 Å². The second kappa shape index (κ2) is 2.23. The molecule has 0 spiro atoms. The molecule has 0 amide bonds. The summed E-state index contributed by atoms with van der Waals surface area (Å²) in [5, 5.41) is 0.889. The lowest BCUT2D eigenvalue weighted by Gasteiger charge is -1.95. The highest BCUT2D eigenvalue weighted by molar-refractivity contribution is 5.93. The number of para-hydroxylation sites is 1. The number of nitrogens with zero attached hydrogens (tertiary/aromatic N) is 1. The number of aromatic amines is 1. The van der Waals surface area contributed by atoms with Crippen LogP contribution in [-0.4, -0.2) is 9.38 Å². The van der Waals surface area contributed by atoms with E-state index in [1.54, 1.807) is 12.1 Å². The van der Waals surface area contributed by atoms with Crippen molar-refractivity contribution in [1.82, 2.24) is 9.38 Å². The van der Waals surface area contributed by atoms with E-state index in [1.807, 2.05) is 12.1 Å². The lowest BCUT2D eigenvalue weighted by molar-refractivity contribution is 1.03. The number of rotatable bonds is 0. The topological polar surface area (TPSA) is 54.3 Å². The largest absolute Gasteiger partial charge is 0.333 e. The molecule has 0 saturated carbocycles. The Kier molecular flexibility index (Phi) is 1.16. The maximum absolute atomic E-state index is 11.4. The first kappa shape index (κ1) is 7.32. The first-order valence-corrected chi connectivity index (χ1v) is 4.23. The van der Waals surface area contributed by atoms with Gasteiger partial charge in [0.1, 0.15) is 0 Å². The van der Waals surface area contributed by atoms with Crippen LogP contribution in [0.4, 0.5) is 0 Å². The van der Waals surface area contributed by atoms with Gasteiger partial charge in [-0.25, -0.2) is 9.20 Å². The molecule has 0 radical (unpaired) electrons. The van der Waals surface area contributed by atoms with Gasteiger partial charge in [0.25, 0.3) is 5.56 Å². The molecule has 2 aromatic heterocycles. The normalized spacial score (nSPS) is 11.4. The van der Waals surface area contributed by atoms with Crippen LogP contribution >= 0.6 is 0 Å². The standard InChI is InChI=1S/C10H6N2O2/c13-8-5-4-6-2-1-3-7-9(6)12(8)10(14)11-7/h1-5H,(H,11,14). The van der Waals surface area contributed by atoms with E-state index in [1.165, 1.54) is 6.07 Å². The van der Waals surface area contributed by atoms with Gasteiger partial charge in [-0.15, -0.1) is 0 Å². The van der Waals surface area contributed by atoms with Crippen LogP contribution in [0.25, 0.3) is 16.4 Å². The second-order valence-electron chi connectivity index (χ2n) is 3.18. The molecule has 4 nitrogen and oxygen atoms in total. The molecule has 1 aromatic carbocycles. The zero-order chi connectivity index (χ0) is 9.71. The summed E-state index contributed by atoms with van der Waals surface area (Å²) in [6, 6.07) is 8.62. The van der Waals surface area contributed by atoms with Gasteiger partial charge in [-0.05, 0) is 12.1 Å². The monoisotopic (exact) mass is 186 g/mol. The molecule has 0 aliphatic carbocycles. The second-order valence-corrected chi connectivity index (χ2v) is 3.18. The number of H-pyrrole nitrogens is 1. The SMILES string of the molecule is O=c1ccc2cccc3[nH]c(=O)n1c23. The van der Waals surface area contributed by atoms with Crippen LogP contribution in [0.1, 0.15) is 0 Å². The van der Waals surface area contributed by atoms with Crippen molar-refractivity contribution in [2.75, 3.05) is 0 Å². The molecule has 4 heteroatoms. The Morgan fingerprint density at radius 1 is 1.07 bits per heavy atom. The summed E-state index contributed by atoms with van der Waals surface area (Å²) in [6.45, 7) is 0. The van der Waals surface area contributed by atoms with Crippen molar-refractivity contribution in [3.63, 3.8) is 0 Å². The predicted molar refractivity (Wildman–Crippen MR) is 53.0 cm³/mol. The quantitative estimate of drug-likeness (QED) is 0.558. The molecule has 2 heterocycles. The summed E-state index contributed by atoms with van der Waals surface area (Å²) >= 11 is 0. The lowest BCUT2D eigenvalue weighted by Crippen LogP contribution is -2.22. The number of aromatic nitrogens is 2. The maximum Gasteiger partial charge on any atom is 0.333 e. The van der Waals surface area contributed by atoms with Gasteiger partial charge >= 0.3 is 5.69 Å². The van der Waals surface area contributed by atoms with E-state index in [2.05, 4.69) is 4.98 Å². The molecule has 0 bridgehead atoms. The van der Waals surface area contributed by atoms with E-state index in [-0.39, 0.29) is 11.2 Å². The van der Waals surface area contributed by atoms with Crippen molar-refractivity contribution in [3.8, 4) is 0 Å². The van der Waals surface area contributed by atoms with E-state index in [0.717, 1.165) is 9.79 Å². The van der Waals surface area contributed by atoms with Gasteiger partial charge in [0.2, 0.25) is 0 Å². The fourth-order valence-electron chi connectivity index (χ4n) is 1.76. The average Bonchev–Trinajstić information content (AvgIpc) is 2.51. The number of hydrogen-bond acceptors (Lipinski definition) is 2. The van der Waals surface area contributed by atoms with Gasteiger partial charge in [0.05, 0.1) is 11.0 Å². The molecular formula is C10H6N2O2. The number of benzene rings is 1. The Labute approximate surface area is 77.8 Å². The molecule has 14 heavy (non-hydrogen) atoms. The third kappa shape index (κ3) is 0.724. The van der Waals surface area contributed by atoms with Crippen molar-refractivity contribution in [1.29, 1.82) is 0 Å². The van der Waals surface area contributed by atoms with E-state index >= 15 is 0 Å². The van der Waals surface area contributed by atoms with Crippen LogP contribution in [-0.2, 0) is 0 Å². The molecule has 0 unspecified atom stereocenters. The number of pyridine rings is 1. The Balaban J connectivity index is 2.89. The fraction of sp³-hybridized carbons (Fsp3) is 0. The van der Waals surface area contributed by atoms with Crippen LogP contribution in [0.15, 0.2) is 39.9 Å². The van der Waals surface area contributed by atoms with Crippen molar-refractivity contribution in [2.45, 2.75) is 0 Å². The number of hydrogen-bond donors (Lipinski definition) is 1. The molecule has 0 aliphatic rings. The van der Waals surface area contributed by atoms with Gasteiger partial charge in [-0.1, -0.05) is 12.1 Å². The van der Waals surface area contributed by atoms with E-state index in [4.69, 9.17) is 0 Å². The van der Waals surface area contributed by atoms with Gasteiger partial charge in [-0.2, -0.15) is 0 Å². The number of imidazole rings is 1. The summed E-state index contributed by atoms with van der Waals surface area (Å²) < 4.78 is 1.16. The minimum Gasteiger partial charge on any atom is -0.305 e. The summed E-state index contributed by atoms with van der Waals surface area (Å²) in [5.41, 5.74) is 0.706. The average molecular weight is 186 g/mol. The van der Waals surface area contributed by atoms with Gasteiger partial charge < -0.3 is 4.98 Å². The smallest absolute Gasteiger partial charge is 0.305 e. The highest BCUT2D eigenvalue weighted by Gasteiger charge is 2.07. The van der Waals surface area contributed by atoms with Gasteiger partial charge in [0, 0.05) is 11.5 Å². The van der Waals surface area contributed by atoms with Crippen LogP contribution < -0.4 is 11.2 Å². The molecule has 1 N–H and O–H groups in total. The van der Waals surface area contributed by atoms with E-state index in [9.17, 15) is 9.59 Å². The van der Waals surface area contributed by atoms with Crippen molar-refractivity contribution in [2.24, 2.45) is 0 Å². The Morgan fingerprint density at radius 3 is 2.79 bits per heavy atom. The third-order valence-corrected chi connectivity index (χ3v) is 2.36. The summed E-state index contributed by atoms with van der Waals surface area (Å²) in [7, 11) is 0. The van der Waals surface area contributed by atoms with Crippen molar-refractivity contribution < 1.29 is 0 Å². The molecule has 0 aliphatic heterocycles. The molecule has 0 fully saturated rings. The third-order valence-electron chi connectivity index (χ3n) is 2.36. The van der Waals surface area contributed by atoms with Crippen molar-refractivity contribution in [3.05, 3.63) is 51.2 Å². The first-order valence-electron chi connectivity index (χ1n) is 4.23. The zero-order valence-corrected chi connectivity index (χ0v) is 7.15. The highest BCUT2D eigenvalue weighted by Crippen LogP contribution is 2.15. The molecule has 68 valence electrons. The predicted octanol–water partition coefficient (Wildman–Crippen LogP) is 0.579. The summed E-state index contributed by atoms with van der Waals surface area (Å²) in [4.78, 5) is 25.5. The number of nitrogens with one attached hydrogen (secondary N) is 1. The van der Waals surface area contributed by atoms with E-state index < -0.39 is 0 Å². The molecule has 0 atom stereocenters. The summed E-state index contributed by atoms with van der Waals surface area (Å²) in [6.07, 6.45) is 0. The Bertz CT molecular complexity index is 724. The van der Waals surface area contributed by atoms with Crippen LogP contribution in [0.3, 0.4) is 0 Å². The molecule has 0 saturated heterocycles. The Hall–Kier alpha value is -2.10. The van der Waals surface area contributed by atoms with Gasteiger partial charge in [-0.3, -0.25) is 4.79 Å². The van der Waals surface area contributed by atoms with E-state index in [0.29, 0.717) is 11.0 Å². The fourth-order valence-corrected chi connectivity index (χ4v) is 1.76. The minimum absolute atomic E-state index is 0.292. The van der Waals surface area contributed by atoms with Gasteiger partial charge in [0.15, 0.2) is 0 Å². The zero-order valence-electron chi connectivity index (χ0n) is 7.15. The van der Waals surface area contributed by atoms with Crippen LogP contribution in [0.2, 0.25) is 0 Å². The lowest BCUT2D eigenvalue weighted by atomic mass is 10.2. The first-order chi connectivity index (χ1) is 6.77. The highest BCUT2D eigenvalue weighted by atomic mass is 16.2. The molecule has 3 rings (SSSR count). The Morgan fingerprint density at radius 2 is 1.93 bits per heavy atom. The minimum atomic E-state index is -0.373.